The topological polar surface area (TPSA) is 39.7 Å². The smallest absolute Gasteiger partial charge is 0.119 e. The van der Waals surface area contributed by atoms with Crippen molar-refractivity contribution in [3.63, 3.8) is 0 Å². The van der Waals surface area contributed by atoms with Crippen molar-refractivity contribution in [1.82, 2.24) is 5.32 Å². The Morgan fingerprint density at radius 2 is 2.19 bits per heavy atom. The SMILES string of the molecule is COc1ccc(Br)c(COC2COC3(CCNCC3)C2)c1. The lowest BCUT2D eigenvalue weighted by Crippen LogP contribution is -2.41. The molecular weight excluding hydrogens is 334 g/mol. The Morgan fingerprint density at radius 1 is 1.38 bits per heavy atom. The molecule has 1 N–H and O–H groups in total. The van der Waals surface area contributed by atoms with Crippen LogP contribution in [0.15, 0.2) is 22.7 Å². The summed E-state index contributed by atoms with van der Waals surface area (Å²) in [6.07, 6.45) is 3.39. The molecule has 5 heteroatoms. The summed E-state index contributed by atoms with van der Waals surface area (Å²) in [5, 5.41) is 3.39. The van der Waals surface area contributed by atoms with Gasteiger partial charge >= 0.3 is 0 Å². The second-order valence-electron chi connectivity index (χ2n) is 5.84. The fraction of sp³-hybridized carbons (Fsp3) is 0.625. The first kappa shape index (κ1) is 15.3. The summed E-state index contributed by atoms with van der Waals surface area (Å²) in [7, 11) is 1.68. The van der Waals surface area contributed by atoms with Gasteiger partial charge in [-0.25, -0.2) is 0 Å². The number of piperidine rings is 1. The standard InChI is InChI=1S/C16H22BrNO3/c1-19-13-2-3-15(17)12(8-13)10-20-14-9-16(21-11-14)4-6-18-7-5-16/h2-3,8,14,18H,4-7,9-11H2,1H3. The highest BCUT2D eigenvalue weighted by Crippen LogP contribution is 2.35. The number of hydrogen-bond donors (Lipinski definition) is 1. The first-order valence-corrected chi connectivity index (χ1v) is 8.29. The molecule has 4 nitrogen and oxygen atoms in total. The van der Waals surface area contributed by atoms with Crippen molar-refractivity contribution < 1.29 is 14.2 Å². The molecule has 0 amide bonds. The Balaban J connectivity index is 1.56. The maximum Gasteiger partial charge on any atom is 0.119 e. The molecular formula is C16H22BrNO3. The summed E-state index contributed by atoms with van der Waals surface area (Å²) in [5.41, 5.74) is 1.17. The molecule has 21 heavy (non-hydrogen) atoms. The van der Waals surface area contributed by atoms with E-state index in [-0.39, 0.29) is 11.7 Å². The van der Waals surface area contributed by atoms with E-state index >= 15 is 0 Å². The average Bonchev–Trinajstić information content (AvgIpc) is 2.90. The number of rotatable bonds is 4. The van der Waals surface area contributed by atoms with Crippen molar-refractivity contribution in [2.75, 3.05) is 26.8 Å². The highest BCUT2D eigenvalue weighted by Gasteiger charge is 2.41. The fourth-order valence-corrected chi connectivity index (χ4v) is 3.50. The first-order chi connectivity index (χ1) is 10.2. The molecule has 1 aromatic carbocycles. The summed E-state index contributed by atoms with van der Waals surface area (Å²) >= 11 is 3.56. The molecule has 1 aromatic rings. The van der Waals surface area contributed by atoms with Gasteiger partial charge in [0.1, 0.15) is 5.75 Å². The van der Waals surface area contributed by atoms with Crippen LogP contribution in [-0.2, 0) is 16.1 Å². The largest absolute Gasteiger partial charge is 0.497 e. The summed E-state index contributed by atoms with van der Waals surface area (Å²) in [5.74, 6) is 0.856. The quantitative estimate of drug-likeness (QED) is 0.901. The Morgan fingerprint density at radius 3 is 2.95 bits per heavy atom. The van der Waals surface area contributed by atoms with E-state index in [1.807, 2.05) is 18.2 Å². The minimum absolute atomic E-state index is 0.0571. The number of benzene rings is 1. The van der Waals surface area contributed by atoms with Crippen LogP contribution in [0.3, 0.4) is 0 Å². The maximum absolute atomic E-state index is 6.07. The van der Waals surface area contributed by atoms with Gasteiger partial charge in [-0.05, 0) is 49.7 Å². The molecule has 2 fully saturated rings. The van der Waals surface area contributed by atoms with Crippen LogP contribution in [0.2, 0.25) is 0 Å². The molecule has 116 valence electrons. The van der Waals surface area contributed by atoms with E-state index in [1.54, 1.807) is 7.11 Å². The Labute approximate surface area is 134 Å². The summed E-state index contributed by atoms with van der Waals surface area (Å²) in [4.78, 5) is 0. The third-order valence-electron chi connectivity index (χ3n) is 4.42. The van der Waals surface area contributed by atoms with Crippen LogP contribution in [0, 0.1) is 0 Å². The van der Waals surface area contributed by atoms with Crippen LogP contribution in [0.25, 0.3) is 0 Å². The van der Waals surface area contributed by atoms with Crippen molar-refractivity contribution in [3.8, 4) is 5.75 Å². The van der Waals surface area contributed by atoms with Crippen molar-refractivity contribution in [3.05, 3.63) is 28.2 Å². The summed E-state index contributed by atoms with van der Waals surface area (Å²) < 4.78 is 18.4. The zero-order valence-corrected chi connectivity index (χ0v) is 13.9. The van der Waals surface area contributed by atoms with Crippen molar-refractivity contribution in [2.24, 2.45) is 0 Å². The van der Waals surface area contributed by atoms with Crippen LogP contribution in [0.4, 0.5) is 0 Å². The highest BCUT2D eigenvalue weighted by atomic mass is 79.9. The molecule has 2 saturated heterocycles. The van der Waals surface area contributed by atoms with Crippen molar-refractivity contribution in [1.29, 1.82) is 0 Å². The second-order valence-corrected chi connectivity index (χ2v) is 6.69. The molecule has 2 heterocycles. The predicted octanol–water partition coefficient (Wildman–Crippen LogP) is 2.89. The molecule has 0 bridgehead atoms. The molecule has 0 radical (unpaired) electrons. The molecule has 1 spiro atoms. The zero-order chi connectivity index (χ0) is 14.7. The van der Waals surface area contributed by atoms with E-state index in [0.29, 0.717) is 13.2 Å². The van der Waals surface area contributed by atoms with E-state index in [1.165, 1.54) is 0 Å². The fourth-order valence-electron chi connectivity index (χ4n) is 3.14. The van der Waals surface area contributed by atoms with Crippen LogP contribution in [-0.4, -0.2) is 38.5 Å². The lowest BCUT2D eigenvalue weighted by molar-refractivity contribution is -0.0241. The molecule has 1 unspecified atom stereocenters. The van der Waals surface area contributed by atoms with E-state index in [9.17, 15) is 0 Å². The van der Waals surface area contributed by atoms with E-state index < -0.39 is 0 Å². The van der Waals surface area contributed by atoms with Crippen LogP contribution >= 0.6 is 15.9 Å². The lowest BCUT2D eigenvalue weighted by Gasteiger charge is -2.32. The van der Waals surface area contributed by atoms with Gasteiger partial charge in [0.2, 0.25) is 0 Å². The van der Waals surface area contributed by atoms with Crippen molar-refractivity contribution >= 4 is 15.9 Å². The van der Waals surface area contributed by atoms with Gasteiger partial charge in [-0.15, -0.1) is 0 Å². The Kier molecular flexibility index (Phi) is 4.84. The molecule has 0 aliphatic carbocycles. The predicted molar refractivity (Wildman–Crippen MR) is 84.7 cm³/mol. The van der Waals surface area contributed by atoms with Gasteiger partial charge in [-0.1, -0.05) is 15.9 Å². The monoisotopic (exact) mass is 355 g/mol. The Hall–Kier alpha value is -0.620. The third kappa shape index (κ3) is 3.59. The van der Waals surface area contributed by atoms with Gasteiger partial charge in [-0.3, -0.25) is 0 Å². The maximum atomic E-state index is 6.07. The molecule has 2 aliphatic heterocycles. The summed E-state index contributed by atoms with van der Waals surface area (Å²) in [6.45, 7) is 3.39. The first-order valence-electron chi connectivity index (χ1n) is 7.49. The van der Waals surface area contributed by atoms with Crippen LogP contribution < -0.4 is 10.1 Å². The van der Waals surface area contributed by atoms with Gasteiger partial charge in [0, 0.05) is 10.9 Å². The normalized spacial score (nSPS) is 24.4. The number of hydrogen-bond acceptors (Lipinski definition) is 4. The number of halogens is 1. The average molecular weight is 356 g/mol. The highest BCUT2D eigenvalue weighted by molar-refractivity contribution is 9.10. The van der Waals surface area contributed by atoms with Gasteiger partial charge in [0.05, 0.1) is 32.0 Å². The van der Waals surface area contributed by atoms with Crippen molar-refractivity contribution in [2.45, 2.75) is 37.6 Å². The van der Waals surface area contributed by atoms with Gasteiger partial charge in [-0.2, -0.15) is 0 Å². The minimum Gasteiger partial charge on any atom is -0.497 e. The number of methoxy groups -OCH3 is 1. The lowest BCUT2D eigenvalue weighted by atomic mass is 9.89. The van der Waals surface area contributed by atoms with Gasteiger partial charge < -0.3 is 19.5 Å². The molecule has 3 rings (SSSR count). The second kappa shape index (κ2) is 6.65. The third-order valence-corrected chi connectivity index (χ3v) is 5.19. The molecule has 0 aromatic heterocycles. The van der Waals surface area contributed by atoms with Gasteiger partial charge in [0.15, 0.2) is 0 Å². The van der Waals surface area contributed by atoms with Gasteiger partial charge in [0.25, 0.3) is 0 Å². The molecule has 0 saturated carbocycles. The van der Waals surface area contributed by atoms with Crippen LogP contribution in [0.5, 0.6) is 5.75 Å². The number of nitrogens with one attached hydrogen (secondary N) is 1. The van der Waals surface area contributed by atoms with E-state index in [2.05, 4.69) is 21.2 Å². The minimum atomic E-state index is 0.0571. The summed E-state index contributed by atoms with van der Waals surface area (Å²) in [6, 6.07) is 5.95. The Bertz CT molecular complexity index is 488. The number of ether oxygens (including phenoxy) is 3. The zero-order valence-electron chi connectivity index (χ0n) is 12.4. The van der Waals surface area contributed by atoms with Crippen LogP contribution in [0.1, 0.15) is 24.8 Å². The molecule has 2 aliphatic rings. The van der Waals surface area contributed by atoms with E-state index in [4.69, 9.17) is 14.2 Å². The molecule has 1 atom stereocenters. The van der Waals surface area contributed by atoms with E-state index in [0.717, 1.165) is 48.1 Å².